The summed E-state index contributed by atoms with van der Waals surface area (Å²) in [6, 6.07) is 8.88. The first-order chi connectivity index (χ1) is 13.1. The first-order valence-electron chi connectivity index (χ1n) is 11.4. The van der Waals surface area contributed by atoms with Crippen molar-refractivity contribution in [3.8, 4) is 5.75 Å². The van der Waals surface area contributed by atoms with Crippen LogP contribution in [0.1, 0.15) is 70.3 Å². The van der Waals surface area contributed by atoms with Crippen LogP contribution in [-0.2, 0) is 5.54 Å². The van der Waals surface area contributed by atoms with E-state index in [2.05, 4.69) is 29.8 Å². The number of hydrogen-bond acceptors (Lipinski definition) is 3. The zero-order valence-corrected chi connectivity index (χ0v) is 17.4. The summed E-state index contributed by atoms with van der Waals surface area (Å²) in [6.45, 7) is 6.17. The summed E-state index contributed by atoms with van der Waals surface area (Å²) in [7, 11) is 2.33. The zero-order chi connectivity index (χ0) is 18.9. The number of likely N-dealkylation sites (tertiary alicyclic amines) is 1. The van der Waals surface area contributed by atoms with Crippen molar-refractivity contribution in [3.05, 3.63) is 29.8 Å². The van der Waals surface area contributed by atoms with Crippen molar-refractivity contribution < 1.29 is 5.11 Å². The van der Waals surface area contributed by atoms with Crippen LogP contribution in [0.4, 0.5) is 0 Å². The lowest BCUT2D eigenvalue weighted by molar-refractivity contribution is 0.0350. The lowest BCUT2D eigenvalue weighted by Gasteiger charge is -2.48. The van der Waals surface area contributed by atoms with Gasteiger partial charge in [0.25, 0.3) is 0 Å². The van der Waals surface area contributed by atoms with Gasteiger partial charge in [0, 0.05) is 24.7 Å². The van der Waals surface area contributed by atoms with Crippen molar-refractivity contribution in [1.82, 2.24) is 9.80 Å². The highest BCUT2D eigenvalue weighted by Gasteiger charge is 2.43. The Kier molecular flexibility index (Phi) is 5.80. The van der Waals surface area contributed by atoms with Crippen LogP contribution in [0.2, 0.25) is 0 Å². The summed E-state index contributed by atoms with van der Waals surface area (Å²) in [5, 5.41) is 10.1. The molecule has 0 bridgehead atoms. The van der Waals surface area contributed by atoms with E-state index >= 15 is 0 Å². The minimum Gasteiger partial charge on any atom is -0.508 e. The minimum atomic E-state index is 0.111. The third-order valence-corrected chi connectivity index (χ3v) is 7.66. The van der Waals surface area contributed by atoms with E-state index in [1.165, 1.54) is 83.0 Å². The zero-order valence-electron chi connectivity index (χ0n) is 17.4. The molecule has 3 heteroatoms. The predicted molar refractivity (Wildman–Crippen MR) is 112 cm³/mol. The topological polar surface area (TPSA) is 26.7 Å². The largest absolute Gasteiger partial charge is 0.508 e. The lowest BCUT2D eigenvalue weighted by Crippen LogP contribution is -2.50. The van der Waals surface area contributed by atoms with Gasteiger partial charge in [-0.3, -0.25) is 4.90 Å². The molecular weight excluding hydrogens is 332 g/mol. The highest BCUT2D eigenvalue weighted by molar-refractivity contribution is 5.33. The molecular formula is C24H38N2O. The molecule has 27 heavy (non-hydrogen) atoms. The van der Waals surface area contributed by atoms with E-state index in [1.54, 1.807) is 0 Å². The molecule has 3 aliphatic rings. The fraction of sp³-hybridized carbons (Fsp3) is 0.750. The maximum Gasteiger partial charge on any atom is 0.115 e. The maximum absolute atomic E-state index is 10.1. The Morgan fingerprint density at radius 3 is 2.56 bits per heavy atom. The van der Waals surface area contributed by atoms with Gasteiger partial charge in [-0.05, 0) is 94.5 Å². The molecule has 1 saturated heterocycles. The van der Waals surface area contributed by atoms with E-state index < -0.39 is 0 Å². The van der Waals surface area contributed by atoms with Crippen LogP contribution in [0.5, 0.6) is 5.75 Å². The second kappa shape index (κ2) is 8.13. The fourth-order valence-corrected chi connectivity index (χ4v) is 5.83. The number of phenols is 1. The Balaban J connectivity index is 1.47. The highest BCUT2D eigenvalue weighted by Crippen LogP contribution is 2.46. The van der Waals surface area contributed by atoms with Gasteiger partial charge in [-0.2, -0.15) is 0 Å². The molecule has 2 aliphatic carbocycles. The van der Waals surface area contributed by atoms with Gasteiger partial charge < -0.3 is 10.0 Å². The van der Waals surface area contributed by atoms with E-state index in [9.17, 15) is 5.11 Å². The van der Waals surface area contributed by atoms with Gasteiger partial charge >= 0.3 is 0 Å². The number of nitrogens with zero attached hydrogens (tertiary/aromatic N) is 2. The quantitative estimate of drug-likeness (QED) is 0.732. The van der Waals surface area contributed by atoms with Gasteiger partial charge in [-0.1, -0.05) is 25.5 Å². The molecule has 4 rings (SSSR count). The van der Waals surface area contributed by atoms with Crippen molar-refractivity contribution >= 4 is 0 Å². The minimum absolute atomic E-state index is 0.111. The lowest BCUT2D eigenvalue weighted by atomic mass is 9.73. The standard InChI is InChI=1S/C24H38N2O/c1-3-5-19-12-15-26(18-19)22-10-13-24(14-11-22,25(2)17-20-8-9-20)21-6-4-7-23(27)16-21/h4,6-7,16,19-20,22,27H,3,5,8-15,17-18H2,1-2H3. The van der Waals surface area contributed by atoms with Crippen LogP contribution in [0.15, 0.2) is 24.3 Å². The van der Waals surface area contributed by atoms with Gasteiger partial charge in [0.2, 0.25) is 0 Å². The number of hydrogen-bond donors (Lipinski definition) is 1. The highest BCUT2D eigenvalue weighted by atomic mass is 16.3. The molecule has 2 saturated carbocycles. The van der Waals surface area contributed by atoms with Crippen LogP contribution in [-0.4, -0.2) is 47.6 Å². The molecule has 3 fully saturated rings. The Bertz CT molecular complexity index is 619. The Labute approximate surface area is 165 Å². The van der Waals surface area contributed by atoms with Gasteiger partial charge in [0.05, 0.1) is 0 Å². The predicted octanol–water partition coefficient (Wildman–Crippen LogP) is 4.99. The third-order valence-electron chi connectivity index (χ3n) is 7.66. The van der Waals surface area contributed by atoms with E-state index in [1.807, 2.05) is 18.2 Å². The molecule has 3 nitrogen and oxygen atoms in total. The average molecular weight is 371 g/mol. The van der Waals surface area contributed by atoms with Crippen molar-refractivity contribution in [2.24, 2.45) is 11.8 Å². The van der Waals surface area contributed by atoms with Crippen LogP contribution in [0.3, 0.4) is 0 Å². The Morgan fingerprint density at radius 1 is 1.11 bits per heavy atom. The molecule has 1 unspecified atom stereocenters. The second-order valence-electron chi connectivity index (χ2n) is 9.58. The van der Waals surface area contributed by atoms with Crippen molar-refractivity contribution in [3.63, 3.8) is 0 Å². The van der Waals surface area contributed by atoms with Gasteiger partial charge in [0.1, 0.15) is 5.75 Å². The van der Waals surface area contributed by atoms with E-state index in [4.69, 9.17) is 0 Å². The van der Waals surface area contributed by atoms with Crippen LogP contribution in [0, 0.1) is 11.8 Å². The summed E-state index contributed by atoms with van der Waals surface area (Å²) < 4.78 is 0. The van der Waals surface area contributed by atoms with E-state index in [0.717, 1.165) is 17.9 Å². The second-order valence-corrected chi connectivity index (χ2v) is 9.58. The summed E-state index contributed by atoms with van der Waals surface area (Å²) in [5.74, 6) is 2.25. The molecule has 0 spiro atoms. The molecule has 0 aromatic heterocycles. The molecule has 150 valence electrons. The van der Waals surface area contributed by atoms with Crippen molar-refractivity contribution in [2.75, 3.05) is 26.7 Å². The van der Waals surface area contributed by atoms with Gasteiger partial charge in [-0.25, -0.2) is 0 Å². The summed E-state index contributed by atoms with van der Waals surface area (Å²) in [5.41, 5.74) is 1.44. The summed E-state index contributed by atoms with van der Waals surface area (Å²) in [4.78, 5) is 5.44. The van der Waals surface area contributed by atoms with Gasteiger partial charge in [0.15, 0.2) is 0 Å². The Hall–Kier alpha value is -1.06. The van der Waals surface area contributed by atoms with Crippen LogP contribution in [0.25, 0.3) is 0 Å². The summed E-state index contributed by atoms with van der Waals surface area (Å²) >= 11 is 0. The molecule has 0 amide bonds. The SMILES string of the molecule is CCCC1CCN(C2CCC(c3cccc(O)c3)(N(C)CC3CC3)CC2)C1. The Morgan fingerprint density at radius 2 is 1.89 bits per heavy atom. The van der Waals surface area contributed by atoms with Crippen LogP contribution < -0.4 is 0 Å². The monoisotopic (exact) mass is 370 g/mol. The fourth-order valence-electron chi connectivity index (χ4n) is 5.83. The summed E-state index contributed by atoms with van der Waals surface area (Å²) in [6.07, 6.45) is 12.0. The van der Waals surface area contributed by atoms with E-state index in [0.29, 0.717) is 5.75 Å². The molecule has 1 N–H and O–H groups in total. The van der Waals surface area contributed by atoms with Crippen molar-refractivity contribution in [1.29, 1.82) is 0 Å². The number of phenolic OH excluding ortho intramolecular Hbond substituents is 1. The molecule has 1 aromatic rings. The van der Waals surface area contributed by atoms with Crippen molar-refractivity contribution in [2.45, 2.75) is 76.3 Å². The maximum atomic E-state index is 10.1. The molecule has 1 atom stereocenters. The molecule has 0 radical (unpaired) electrons. The van der Waals surface area contributed by atoms with Crippen LogP contribution >= 0.6 is 0 Å². The smallest absolute Gasteiger partial charge is 0.115 e. The normalized spacial score (nSPS) is 32.3. The molecule has 1 heterocycles. The molecule has 1 aromatic carbocycles. The van der Waals surface area contributed by atoms with E-state index in [-0.39, 0.29) is 5.54 Å². The third kappa shape index (κ3) is 4.19. The number of aromatic hydroxyl groups is 1. The first kappa shape index (κ1) is 19.3. The average Bonchev–Trinajstić information content (AvgIpc) is 3.37. The number of rotatable bonds is 7. The molecule has 1 aliphatic heterocycles. The van der Waals surface area contributed by atoms with Gasteiger partial charge in [-0.15, -0.1) is 0 Å². The number of benzene rings is 1. The first-order valence-corrected chi connectivity index (χ1v) is 11.4.